The van der Waals surface area contributed by atoms with Crippen LogP contribution in [0.3, 0.4) is 0 Å². The van der Waals surface area contributed by atoms with Crippen molar-refractivity contribution in [1.82, 2.24) is 0 Å². The Morgan fingerprint density at radius 2 is 1.00 bits per heavy atom. The predicted molar refractivity (Wildman–Crippen MR) is 36.3 cm³/mol. The van der Waals surface area contributed by atoms with Gasteiger partial charge in [-0.2, -0.15) is 0 Å². The van der Waals surface area contributed by atoms with Crippen LogP contribution in [0.5, 0.6) is 0 Å². The monoisotopic (exact) mass is 192 g/mol. The minimum absolute atomic E-state index is 0. The largest absolute Gasteiger partial charge is 2.00 e. The van der Waals surface area contributed by atoms with Crippen LogP contribution in [0.15, 0.2) is 0 Å². The first kappa shape index (κ1) is 29.4. The first-order valence-electron chi connectivity index (χ1n) is 1.32. The van der Waals surface area contributed by atoms with Crippen molar-refractivity contribution >= 4 is 75.5 Å². The summed E-state index contributed by atoms with van der Waals surface area (Å²) in [7, 11) is 0. The maximum Gasteiger partial charge on any atom is 2.00 e. The molecule has 0 unspecified atom stereocenters. The summed E-state index contributed by atoms with van der Waals surface area (Å²) in [4.78, 5) is 0. The zero-order chi connectivity index (χ0) is 3.41. The molecule has 38 valence electrons. The molecule has 0 aromatic rings. The van der Waals surface area contributed by atoms with Gasteiger partial charge in [-0.1, -0.05) is 0 Å². The van der Waals surface area contributed by atoms with Gasteiger partial charge in [-0.3, -0.25) is 0 Å². The molecule has 0 aliphatic rings. The van der Waals surface area contributed by atoms with Crippen LogP contribution >= 0.6 is 0 Å². The van der Waals surface area contributed by atoms with E-state index in [1.54, 1.807) is 0 Å². The molecule has 0 aliphatic heterocycles. The van der Waals surface area contributed by atoms with Crippen LogP contribution in [0.1, 0.15) is 8.56 Å². The van der Waals surface area contributed by atoms with Gasteiger partial charge in [0.2, 0.25) is 0 Å². The van der Waals surface area contributed by atoms with E-state index in [9.17, 15) is 0 Å². The molecule has 0 spiro atoms. The smallest absolute Gasteiger partial charge is 1.00 e. The molecule has 0 radical (unpaired) electrons. The molecule has 6 heteroatoms. The molecule has 0 saturated heterocycles. The molecule has 0 fully saturated rings. The number of hydrogen-bond donors (Lipinski definition) is 2. The summed E-state index contributed by atoms with van der Waals surface area (Å²) < 4.78 is 0. The van der Waals surface area contributed by atoms with E-state index in [0.717, 1.165) is 0 Å². The van der Waals surface area contributed by atoms with Crippen LogP contribution in [-0.2, 0) is 0 Å². The Hall–Kier alpha value is 4.44. The molecule has 0 rings (SSSR count). The van der Waals surface area contributed by atoms with E-state index in [1.807, 2.05) is 0 Å². The van der Waals surface area contributed by atoms with Crippen LogP contribution in [0, 0.1) is 0 Å². The summed E-state index contributed by atoms with van der Waals surface area (Å²) in [6.45, 7) is 1.19. The number of hydrogen-bond acceptors (Lipinski definition) is 2. The summed E-state index contributed by atoms with van der Waals surface area (Å²) in [5, 5.41) is 0. The van der Waals surface area contributed by atoms with Gasteiger partial charge in [-0.05, 0) is 0 Å². The van der Waals surface area contributed by atoms with Gasteiger partial charge in [-0.15, -0.1) is 0 Å². The van der Waals surface area contributed by atoms with Gasteiger partial charge < -0.3 is 20.0 Å². The van der Waals surface area contributed by atoms with Crippen molar-refractivity contribution in [3.63, 3.8) is 0 Å². The van der Waals surface area contributed by atoms with Gasteiger partial charge in [0.15, 0.2) is 0 Å². The Morgan fingerprint density at radius 3 is 1.00 bits per heavy atom. The standard InChI is InChI=1S/C2H8N2.2Ca.2Na.6H/c3-1-2-4;;;;;;;;;;/h1-4H2;;;;;;;;;;/q;2*+2;2*+1;6*-1. The Morgan fingerprint density at radius 1 is 0.875 bits per heavy atom. The van der Waals surface area contributed by atoms with Gasteiger partial charge in [0.05, 0.1) is 0 Å². The van der Waals surface area contributed by atoms with Crippen molar-refractivity contribution in [3.05, 3.63) is 0 Å². The summed E-state index contributed by atoms with van der Waals surface area (Å²) in [6.07, 6.45) is 0. The van der Waals surface area contributed by atoms with Crippen molar-refractivity contribution < 1.29 is 67.7 Å². The molecule has 0 atom stereocenters. The van der Waals surface area contributed by atoms with Crippen molar-refractivity contribution in [2.24, 2.45) is 11.5 Å². The van der Waals surface area contributed by atoms with E-state index in [-0.39, 0.29) is 143 Å². The van der Waals surface area contributed by atoms with E-state index in [0.29, 0.717) is 13.1 Å². The van der Waals surface area contributed by atoms with Crippen molar-refractivity contribution in [3.8, 4) is 0 Å². The van der Waals surface area contributed by atoms with Crippen molar-refractivity contribution in [2.75, 3.05) is 13.1 Å². The van der Waals surface area contributed by atoms with Gasteiger partial charge in [0.1, 0.15) is 0 Å². The number of nitrogens with two attached hydrogens (primary N) is 2. The minimum Gasteiger partial charge on any atom is -1.00 e. The van der Waals surface area contributed by atoms with Crippen LogP contribution in [0.25, 0.3) is 0 Å². The third kappa shape index (κ3) is 31.4. The molecule has 0 aromatic heterocycles. The maximum absolute atomic E-state index is 4.90. The molecule has 0 saturated carbocycles. The zero-order valence-corrected chi connectivity index (χ0v) is 14.4. The van der Waals surface area contributed by atoms with Crippen molar-refractivity contribution in [1.29, 1.82) is 0 Å². The average molecular weight is 192 g/mol. The summed E-state index contributed by atoms with van der Waals surface area (Å²) in [5.41, 5.74) is 9.81. The summed E-state index contributed by atoms with van der Waals surface area (Å²) in [6, 6.07) is 0. The average Bonchev–Trinajstić information content (AvgIpc) is 1.37. The molecule has 4 N–H and O–H groups in total. The Kier molecular flexibility index (Phi) is 111. The van der Waals surface area contributed by atoms with Crippen LogP contribution in [0.2, 0.25) is 0 Å². The molecular formula is C2H14Ca2N2Na2. The minimum atomic E-state index is 0. The second kappa shape index (κ2) is 30.1. The Labute approximate surface area is 164 Å². The van der Waals surface area contributed by atoms with Gasteiger partial charge in [0.25, 0.3) is 0 Å². The van der Waals surface area contributed by atoms with Gasteiger partial charge in [-0.25, -0.2) is 0 Å². The van der Waals surface area contributed by atoms with Crippen LogP contribution < -0.4 is 70.6 Å². The fraction of sp³-hybridized carbons (Fsp3) is 1.00. The van der Waals surface area contributed by atoms with Gasteiger partial charge >= 0.3 is 135 Å². The predicted octanol–water partition coefficient (Wildman–Crippen LogP) is -7.17. The van der Waals surface area contributed by atoms with Crippen LogP contribution in [0.4, 0.5) is 0 Å². The second-order valence-electron chi connectivity index (χ2n) is 0.577. The molecule has 0 amide bonds. The Bertz CT molecular complexity index is 31.8. The first-order valence-corrected chi connectivity index (χ1v) is 1.32. The molecule has 0 bridgehead atoms. The van der Waals surface area contributed by atoms with E-state index < -0.39 is 0 Å². The zero-order valence-electron chi connectivity index (χ0n) is 12.0. The normalized spacial score (nSPS) is 3.75. The maximum atomic E-state index is 4.90. The van der Waals surface area contributed by atoms with Gasteiger partial charge in [0, 0.05) is 13.1 Å². The van der Waals surface area contributed by atoms with E-state index in [1.165, 1.54) is 0 Å². The van der Waals surface area contributed by atoms with E-state index in [2.05, 4.69) is 0 Å². The molecule has 0 aromatic carbocycles. The third-order valence-corrected chi connectivity index (χ3v) is 0.167. The fourth-order valence-corrected chi connectivity index (χ4v) is 0. The molecule has 0 heterocycles. The second-order valence-corrected chi connectivity index (χ2v) is 0.577. The van der Waals surface area contributed by atoms with Crippen LogP contribution in [-0.4, -0.2) is 88.6 Å². The molecule has 8 heavy (non-hydrogen) atoms. The molecule has 0 aliphatic carbocycles. The number of rotatable bonds is 1. The van der Waals surface area contributed by atoms with Crippen molar-refractivity contribution in [2.45, 2.75) is 0 Å². The summed E-state index contributed by atoms with van der Waals surface area (Å²) >= 11 is 0. The topological polar surface area (TPSA) is 52.0 Å². The quantitative estimate of drug-likeness (QED) is 0.406. The third-order valence-electron chi connectivity index (χ3n) is 0.167. The first-order chi connectivity index (χ1) is 1.91. The fourth-order valence-electron chi connectivity index (χ4n) is 0. The molecular weight excluding hydrogens is 178 g/mol. The van der Waals surface area contributed by atoms with E-state index >= 15 is 0 Å². The van der Waals surface area contributed by atoms with E-state index in [4.69, 9.17) is 11.5 Å². The Balaban J connectivity index is -0.000000001000. The molecule has 2 nitrogen and oxygen atoms in total. The SMILES string of the molecule is NCCN.[Ca+2].[Ca+2].[H-].[H-].[H-].[H-].[H-].[H-].[Na+].[Na+]. The summed E-state index contributed by atoms with van der Waals surface area (Å²) in [5.74, 6) is 0.